The SMILES string of the molecule is COc1ccc(/C(O)=C2\C(=O)C(=O)N(c3nc(C)c(C)s3)[C@@H]2c2ccc(O)cc2)cc1. The monoisotopic (exact) mass is 436 g/mol. The third-order valence-corrected chi connectivity index (χ3v) is 6.31. The smallest absolute Gasteiger partial charge is 0.301 e. The Morgan fingerprint density at radius 1 is 1.06 bits per heavy atom. The van der Waals surface area contributed by atoms with E-state index < -0.39 is 17.7 Å². The normalized spacial score (nSPS) is 17.9. The molecule has 0 radical (unpaired) electrons. The van der Waals surface area contributed by atoms with Gasteiger partial charge in [-0.05, 0) is 55.8 Å². The number of carbonyl (C=O) groups excluding carboxylic acids is 2. The second-order valence-corrected chi connectivity index (χ2v) is 8.31. The summed E-state index contributed by atoms with van der Waals surface area (Å²) in [4.78, 5) is 32.8. The van der Waals surface area contributed by atoms with Crippen LogP contribution < -0.4 is 9.64 Å². The summed E-state index contributed by atoms with van der Waals surface area (Å²) < 4.78 is 5.15. The molecule has 2 N–H and O–H groups in total. The van der Waals surface area contributed by atoms with E-state index in [2.05, 4.69) is 4.98 Å². The van der Waals surface area contributed by atoms with Crippen molar-refractivity contribution in [3.05, 3.63) is 75.8 Å². The lowest BCUT2D eigenvalue weighted by Crippen LogP contribution is -2.29. The number of aromatic hydroxyl groups is 1. The summed E-state index contributed by atoms with van der Waals surface area (Å²) in [6, 6.07) is 11.9. The van der Waals surface area contributed by atoms with Gasteiger partial charge in [-0.25, -0.2) is 4.98 Å². The van der Waals surface area contributed by atoms with Gasteiger partial charge in [-0.3, -0.25) is 14.5 Å². The molecule has 0 spiro atoms. The third-order valence-electron chi connectivity index (χ3n) is 5.24. The number of amides is 1. The fraction of sp³-hybridized carbons (Fsp3) is 0.174. The van der Waals surface area contributed by atoms with Gasteiger partial charge in [-0.2, -0.15) is 0 Å². The van der Waals surface area contributed by atoms with Crippen LogP contribution in [0.25, 0.3) is 5.76 Å². The van der Waals surface area contributed by atoms with Crippen molar-refractivity contribution in [3.8, 4) is 11.5 Å². The van der Waals surface area contributed by atoms with Crippen LogP contribution in [0, 0.1) is 13.8 Å². The Labute approximate surface area is 182 Å². The Bertz CT molecular complexity index is 1180. The average molecular weight is 436 g/mol. The van der Waals surface area contributed by atoms with Crippen molar-refractivity contribution in [1.82, 2.24) is 4.98 Å². The first-order valence-electron chi connectivity index (χ1n) is 9.50. The first kappa shape index (κ1) is 20.6. The van der Waals surface area contributed by atoms with Gasteiger partial charge in [0.05, 0.1) is 24.4 Å². The highest BCUT2D eigenvalue weighted by Gasteiger charge is 2.48. The van der Waals surface area contributed by atoms with E-state index in [1.165, 1.54) is 35.5 Å². The maximum atomic E-state index is 13.1. The minimum atomic E-state index is -0.882. The van der Waals surface area contributed by atoms with Gasteiger partial charge in [0.15, 0.2) is 5.13 Å². The lowest BCUT2D eigenvalue weighted by atomic mass is 9.95. The molecule has 2 aromatic carbocycles. The summed E-state index contributed by atoms with van der Waals surface area (Å²) in [7, 11) is 1.53. The Kier molecular flexibility index (Phi) is 5.24. The van der Waals surface area contributed by atoms with Gasteiger partial charge in [-0.15, -0.1) is 11.3 Å². The Balaban J connectivity index is 1.92. The maximum absolute atomic E-state index is 13.1. The number of ketones is 1. The molecule has 1 fully saturated rings. The van der Waals surface area contributed by atoms with Gasteiger partial charge in [0.25, 0.3) is 5.78 Å². The molecule has 0 bridgehead atoms. The Morgan fingerprint density at radius 2 is 1.71 bits per heavy atom. The number of thiazole rings is 1. The molecule has 0 unspecified atom stereocenters. The molecule has 31 heavy (non-hydrogen) atoms. The maximum Gasteiger partial charge on any atom is 0.301 e. The molecule has 0 saturated carbocycles. The first-order valence-corrected chi connectivity index (χ1v) is 10.3. The van der Waals surface area contributed by atoms with Crippen molar-refractivity contribution in [2.24, 2.45) is 0 Å². The number of benzene rings is 2. The van der Waals surface area contributed by atoms with Gasteiger partial charge in [0.1, 0.15) is 17.3 Å². The summed E-state index contributed by atoms with van der Waals surface area (Å²) in [5.41, 5.74) is 1.68. The average Bonchev–Trinajstić information content (AvgIpc) is 3.23. The van der Waals surface area contributed by atoms with Gasteiger partial charge in [0.2, 0.25) is 0 Å². The number of ether oxygens (including phenoxy) is 1. The molecule has 0 aliphatic carbocycles. The second-order valence-electron chi connectivity index (χ2n) is 7.13. The molecule has 1 amide bonds. The fourth-order valence-corrected chi connectivity index (χ4v) is 4.40. The van der Waals surface area contributed by atoms with E-state index in [9.17, 15) is 19.8 Å². The molecule has 7 nitrogen and oxygen atoms in total. The van der Waals surface area contributed by atoms with E-state index in [4.69, 9.17) is 4.74 Å². The first-order chi connectivity index (χ1) is 14.8. The lowest BCUT2D eigenvalue weighted by molar-refractivity contribution is -0.132. The molecule has 158 valence electrons. The molecular weight excluding hydrogens is 416 g/mol. The molecular formula is C23H20N2O5S. The predicted octanol–water partition coefficient (Wildman–Crippen LogP) is 4.10. The minimum absolute atomic E-state index is 0.0358. The number of phenolic OH excluding ortho intramolecular Hbond substituents is 1. The van der Waals surface area contributed by atoms with E-state index in [0.29, 0.717) is 22.0 Å². The van der Waals surface area contributed by atoms with Crippen molar-refractivity contribution in [2.75, 3.05) is 12.0 Å². The second kappa shape index (κ2) is 7.88. The number of carbonyl (C=O) groups is 2. The van der Waals surface area contributed by atoms with E-state index >= 15 is 0 Å². The van der Waals surface area contributed by atoms with Gasteiger partial charge in [-0.1, -0.05) is 12.1 Å². The van der Waals surface area contributed by atoms with Crippen molar-refractivity contribution in [2.45, 2.75) is 19.9 Å². The van der Waals surface area contributed by atoms with Crippen LogP contribution in [0.1, 0.15) is 27.7 Å². The van der Waals surface area contributed by atoms with Crippen molar-refractivity contribution in [1.29, 1.82) is 0 Å². The number of methoxy groups -OCH3 is 1. The Morgan fingerprint density at radius 3 is 2.26 bits per heavy atom. The number of Topliss-reactive ketones (excluding diaryl/α,β-unsaturated/α-hetero) is 1. The number of aliphatic hydroxyl groups is 1. The topological polar surface area (TPSA) is 100.0 Å². The number of aryl methyl sites for hydroxylation is 2. The van der Waals surface area contributed by atoms with Crippen LogP contribution in [0.3, 0.4) is 0 Å². The summed E-state index contributed by atoms with van der Waals surface area (Å²) in [6.07, 6.45) is 0. The number of hydrogen-bond donors (Lipinski definition) is 2. The van der Waals surface area contributed by atoms with E-state index in [-0.39, 0.29) is 17.1 Å². The van der Waals surface area contributed by atoms with Crippen LogP contribution in [0.5, 0.6) is 11.5 Å². The van der Waals surface area contributed by atoms with Crippen molar-refractivity contribution < 1.29 is 24.5 Å². The number of nitrogens with zero attached hydrogens (tertiary/aromatic N) is 2. The highest BCUT2D eigenvalue weighted by Crippen LogP contribution is 2.44. The van der Waals surface area contributed by atoms with Gasteiger partial charge < -0.3 is 14.9 Å². The van der Waals surface area contributed by atoms with Crippen molar-refractivity contribution in [3.63, 3.8) is 0 Å². The molecule has 1 aliphatic rings. The predicted molar refractivity (Wildman–Crippen MR) is 117 cm³/mol. The molecule has 1 saturated heterocycles. The molecule has 1 aromatic heterocycles. The quantitative estimate of drug-likeness (QED) is 0.363. The van der Waals surface area contributed by atoms with E-state index in [0.717, 1.165) is 10.6 Å². The highest BCUT2D eigenvalue weighted by molar-refractivity contribution is 7.16. The zero-order valence-corrected chi connectivity index (χ0v) is 17.9. The number of hydrogen-bond acceptors (Lipinski definition) is 7. The summed E-state index contributed by atoms with van der Waals surface area (Å²) in [5.74, 6) is -1.19. The Hall–Kier alpha value is -3.65. The third kappa shape index (κ3) is 3.55. The summed E-state index contributed by atoms with van der Waals surface area (Å²) >= 11 is 1.31. The number of anilines is 1. The summed E-state index contributed by atoms with van der Waals surface area (Å²) in [6.45, 7) is 3.72. The van der Waals surface area contributed by atoms with Crippen LogP contribution in [-0.4, -0.2) is 34.0 Å². The van der Waals surface area contributed by atoms with Crippen LogP contribution in [-0.2, 0) is 9.59 Å². The van der Waals surface area contributed by atoms with Crippen LogP contribution >= 0.6 is 11.3 Å². The minimum Gasteiger partial charge on any atom is -0.508 e. The zero-order chi connectivity index (χ0) is 22.3. The molecule has 1 aliphatic heterocycles. The van der Waals surface area contributed by atoms with Crippen LogP contribution in [0.2, 0.25) is 0 Å². The zero-order valence-electron chi connectivity index (χ0n) is 17.1. The summed E-state index contributed by atoms with van der Waals surface area (Å²) in [5, 5.41) is 21.1. The lowest BCUT2D eigenvalue weighted by Gasteiger charge is -2.23. The van der Waals surface area contributed by atoms with Crippen molar-refractivity contribution >= 4 is 33.9 Å². The fourth-order valence-electron chi connectivity index (χ4n) is 3.47. The number of aromatic nitrogens is 1. The number of phenols is 1. The van der Waals surface area contributed by atoms with Gasteiger partial charge >= 0.3 is 5.91 Å². The molecule has 4 rings (SSSR count). The standard InChI is InChI=1S/C23H20N2O5S/c1-12-13(2)31-23(24-12)25-19(14-4-8-16(26)9-5-14)18(21(28)22(25)29)20(27)15-6-10-17(30-3)11-7-15/h4-11,19,26-27H,1-3H3/b20-18+/t19-/m1/s1. The molecule has 2 heterocycles. The van der Waals surface area contributed by atoms with E-state index in [1.807, 2.05) is 13.8 Å². The van der Waals surface area contributed by atoms with Crippen LogP contribution in [0.15, 0.2) is 54.1 Å². The van der Waals surface area contributed by atoms with E-state index in [1.54, 1.807) is 36.4 Å². The molecule has 1 atom stereocenters. The highest BCUT2D eigenvalue weighted by atomic mass is 32.1. The largest absolute Gasteiger partial charge is 0.508 e. The number of rotatable bonds is 4. The molecule has 8 heteroatoms. The van der Waals surface area contributed by atoms with Crippen LogP contribution in [0.4, 0.5) is 5.13 Å². The molecule has 3 aromatic rings. The van der Waals surface area contributed by atoms with Gasteiger partial charge in [0, 0.05) is 10.4 Å². The number of aliphatic hydroxyl groups excluding tert-OH is 1.